The van der Waals surface area contributed by atoms with Gasteiger partial charge in [-0.15, -0.1) is 0 Å². The predicted octanol–water partition coefficient (Wildman–Crippen LogP) is 3.53. The highest BCUT2D eigenvalue weighted by Gasteiger charge is 2.22. The van der Waals surface area contributed by atoms with Crippen molar-refractivity contribution in [2.45, 2.75) is 46.1 Å². The van der Waals surface area contributed by atoms with E-state index in [0.717, 1.165) is 35.9 Å². The zero-order valence-corrected chi connectivity index (χ0v) is 16.7. The van der Waals surface area contributed by atoms with E-state index >= 15 is 0 Å². The maximum atomic E-state index is 12.6. The van der Waals surface area contributed by atoms with E-state index < -0.39 is 0 Å². The smallest absolute Gasteiger partial charge is 0.338 e. The monoisotopic (exact) mass is 390 g/mol. The van der Waals surface area contributed by atoms with E-state index in [2.05, 4.69) is 4.99 Å². The van der Waals surface area contributed by atoms with Crippen molar-refractivity contribution >= 4 is 33.4 Å². The van der Waals surface area contributed by atoms with Crippen LogP contribution in [0.25, 0.3) is 10.2 Å². The topological polar surface area (TPSA) is 69.9 Å². The average Bonchev–Trinajstić information content (AvgIpc) is 3.30. The quantitative estimate of drug-likeness (QED) is 0.536. The van der Waals surface area contributed by atoms with Crippen molar-refractivity contribution in [1.29, 1.82) is 0 Å². The highest BCUT2D eigenvalue weighted by molar-refractivity contribution is 7.16. The highest BCUT2D eigenvalue weighted by atomic mass is 32.1. The van der Waals surface area contributed by atoms with Crippen molar-refractivity contribution in [3.63, 3.8) is 0 Å². The standard InChI is InChI=1S/C20H26N2O4S/c1-3-25-12-11-22-16-10-9-15(19(24)26-4-2)13-17(16)27-20(22)21-18(23)14-7-5-6-8-14/h9-10,13-14H,3-8,11-12H2,1-2H3. The van der Waals surface area contributed by atoms with Crippen LogP contribution >= 0.6 is 11.3 Å². The van der Waals surface area contributed by atoms with Crippen molar-refractivity contribution in [3.05, 3.63) is 28.6 Å². The number of amides is 1. The summed E-state index contributed by atoms with van der Waals surface area (Å²) < 4.78 is 13.5. The predicted molar refractivity (Wildman–Crippen MR) is 105 cm³/mol. The second kappa shape index (κ2) is 9.28. The number of fused-ring (bicyclic) bond motifs is 1. The van der Waals surface area contributed by atoms with Crippen molar-refractivity contribution in [3.8, 4) is 0 Å². The SMILES string of the molecule is CCOCCn1c(=NC(=O)C2CCCC2)sc2cc(C(=O)OCC)ccc21. The van der Waals surface area contributed by atoms with Gasteiger partial charge in [-0.1, -0.05) is 24.2 Å². The van der Waals surface area contributed by atoms with Crippen LogP contribution in [0.3, 0.4) is 0 Å². The second-order valence-corrected chi connectivity index (χ2v) is 7.58. The summed E-state index contributed by atoms with van der Waals surface area (Å²) in [5.74, 6) is -0.324. The van der Waals surface area contributed by atoms with Gasteiger partial charge in [-0.25, -0.2) is 4.79 Å². The van der Waals surface area contributed by atoms with Gasteiger partial charge in [0.2, 0.25) is 0 Å². The first kappa shape index (κ1) is 19.8. The van der Waals surface area contributed by atoms with Gasteiger partial charge in [0, 0.05) is 19.1 Å². The number of esters is 1. The third-order valence-electron chi connectivity index (χ3n) is 4.77. The number of thiazole rings is 1. The van der Waals surface area contributed by atoms with Crippen LogP contribution in [0.4, 0.5) is 0 Å². The molecule has 0 aliphatic heterocycles. The molecule has 0 radical (unpaired) electrons. The molecule has 0 spiro atoms. The summed E-state index contributed by atoms with van der Waals surface area (Å²) in [6.07, 6.45) is 4.07. The lowest BCUT2D eigenvalue weighted by Gasteiger charge is -2.07. The molecule has 0 atom stereocenters. The molecule has 1 fully saturated rings. The minimum atomic E-state index is -0.339. The van der Waals surface area contributed by atoms with Crippen LogP contribution in [0.15, 0.2) is 23.2 Å². The molecule has 0 N–H and O–H groups in total. The number of hydrogen-bond donors (Lipinski definition) is 0. The number of hydrogen-bond acceptors (Lipinski definition) is 5. The normalized spacial score (nSPS) is 15.6. The minimum absolute atomic E-state index is 0.0326. The van der Waals surface area contributed by atoms with E-state index in [1.165, 1.54) is 11.3 Å². The van der Waals surface area contributed by atoms with Crippen LogP contribution in [-0.2, 0) is 20.8 Å². The van der Waals surface area contributed by atoms with E-state index in [4.69, 9.17) is 9.47 Å². The number of aromatic nitrogens is 1. The highest BCUT2D eigenvalue weighted by Crippen LogP contribution is 2.26. The van der Waals surface area contributed by atoms with Crippen molar-refractivity contribution < 1.29 is 19.1 Å². The molecule has 1 saturated carbocycles. The molecular weight excluding hydrogens is 364 g/mol. The zero-order valence-electron chi connectivity index (χ0n) is 15.9. The summed E-state index contributed by atoms with van der Waals surface area (Å²) >= 11 is 1.43. The summed E-state index contributed by atoms with van der Waals surface area (Å²) in [4.78, 5) is 29.7. The van der Waals surface area contributed by atoms with Gasteiger partial charge in [0.25, 0.3) is 5.91 Å². The molecule has 0 bridgehead atoms. The Kier molecular flexibility index (Phi) is 6.79. The lowest BCUT2D eigenvalue weighted by Crippen LogP contribution is -2.21. The Bertz CT molecular complexity index is 878. The Morgan fingerprint density at radius 3 is 2.70 bits per heavy atom. The van der Waals surface area contributed by atoms with Crippen LogP contribution in [-0.4, -0.2) is 36.3 Å². The molecule has 3 rings (SSSR count). The fraction of sp³-hybridized carbons (Fsp3) is 0.550. The van der Waals surface area contributed by atoms with Crippen molar-refractivity contribution in [2.75, 3.05) is 19.8 Å². The zero-order chi connectivity index (χ0) is 19.2. The maximum absolute atomic E-state index is 12.6. The third-order valence-corrected chi connectivity index (χ3v) is 5.81. The largest absolute Gasteiger partial charge is 0.462 e. The number of benzene rings is 1. The fourth-order valence-electron chi connectivity index (χ4n) is 3.37. The molecule has 2 aromatic rings. The number of carbonyl (C=O) groups is 2. The summed E-state index contributed by atoms with van der Waals surface area (Å²) in [6.45, 7) is 5.89. The lowest BCUT2D eigenvalue weighted by atomic mass is 10.1. The van der Waals surface area contributed by atoms with Crippen LogP contribution in [0.5, 0.6) is 0 Å². The van der Waals surface area contributed by atoms with Gasteiger partial charge < -0.3 is 14.0 Å². The Labute approximate surface area is 162 Å². The molecule has 1 aromatic heterocycles. The first-order valence-electron chi connectivity index (χ1n) is 9.60. The van der Waals surface area contributed by atoms with Gasteiger partial charge >= 0.3 is 5.97 Å². The second-order valence-electron chi connectivity index (χ2n) is 6.57. The van der Waals surface area contributed by atoms with Gasteiger partial charge in [-0.05, 0) is 44.9 Å². The molecule has 6 nitrogen and oxygen atoms in total. The summed E-state index contributed by atoms with van der Waals surface area (Å²) in [5.41, 5.74) is 1.46. The molecule has 1 amide bonds. The van der Waals surface area contributed by atoms with Gasteiger partial charge in [-0.2, -0.15) is 4.99 Å². The van der Waals surface area contributed by atoms with Crippen LogP contribution in [0.1, 0.15) is 49.9 Å². The third kappa shape index (κ3) is 4.65. The Hall–Kier alpha value is -1.99. The molecule has 0 saturated heterocycles. The molecule has 1 heterocycles. The molecule has 1 aliphatic rings. The fourth-order valence-corrected chi connectivity index (χ4v) is 4.48. The molecule has 1 aromatic carbocycles. The molecule has 146 valence electrons. The molecule has 7 heteroatoms. The summed E-state index contributed by atoms with van der Waals surface area (Å²) in [6, 6.07) is 5.46. The van der Waals surface area contributed by atoms with Crippen LogP contribution in [0, 0.1) is 5.92 Å². The number of rotatable bonds is 7. The molecule has 27 heavy (non-hydrogen) atoms. The number of carbonyl (C=O) groups excluding carboxylic acids is 2. The average molecular weight is 391 g/mol. The van der Waals surface area contributed by atoms with Crippen LogP contribution in [0.2, 0.25) is 0 Å². The van der Waals surface area contributed by atoms with Crippen molar-refractivity contribution in [1.82, 2.24) is 4.57 Å². The Morgan fingerprint density at radius 1 is 1.22 bits per heavy atom. The van der Waals surface area contributed by atoms with Gasteiger partial charge in [-0.3, -0.25) is 4.79 Å². The molecule has 1 aliphatic carbocycles. The van der Waals surface area contributed by atoms with E-state index in [-0.39, 0.29) is 17.8 Å². The molecule has 0 unspecified atom stereocenters. The number of nitrogens with zero attached hydrogens (tertiary/aromatic N) is 2. The summed E-state index contributed by atoms with van der Waals surface area (Å²) in [5, 5.41) is 0. The van der Waals surface area contributed by atoms with E-state index in [0.29, 0.717) is 36.7 Å². The number of ether oxygens (including phenoxy) is 2. The minimum Gasteiger partial charge on any atom is -0.462 e. The molecular formula is C20H26N2O4S. The van der Waals surface area contributed by atoms with Gasteiger partial charge in [0.15, 0.2) is 4.80 Å². The first-order chi connectivity index (χ1) is 13.1. The maximum Gasteiger partial charge on any atom is 0.338 e. The summed E-state index contributed by atoms with van der Waals surface area (Å²) in [7, 11) is 0. The van der Waals surface area contributed by atoms with Gasteiger partial charge in [0.05, 0.1) is 29.0 Å². The first-order valence-corrected chi connectivity index (χ1v) is 10.4. The van der Waals surface area contributed by atoms with Crippen LogP contribution < -0.4 is 4.80 Å². The lowest BCUT2D eigenvalue weighted by molar-refractivity contribution is -0.121. The van der Waals surface area contributed by atoms with Crippen molar-refractivity contribution in [2.24, 2.45) is 10.9 Å². The Balaban J connectivity index is 1.99. The van der Waals surface area contributed by atoms with E-state index in [1.54, 1.807) is 13.0 Å². The van der Waals surface area contributed by atoms with E-state index in [1.807, 2.05) is 23.6 Å². The Morgan fingerprint density at radius 2 is 2.00 bits per heavy atom. The van der Waals surface area contributed by atoms with E-state index in [9.17, 15) is 9.59 Å². The van der Waals surface area contributed by atoms with Gasteiger partial charge in [0.1, 0.15) is 0 Å².